The quantitative estimate of drug-likeness (QED) is 0.315. The SMILES string of the molecule is COc1ccc(/C(OC(C)=O)=C(/I)c2ccc(C)cc2)cc1. The molecule has 0 saturated heterocycles. The first kappa shape index (κ1) is 16.5. The molecule has 2 aromatic rings. The van der Waals surface area contributed by atoms with Gasteiger partial charge >= 0.3 is 5.97 Å². The van der Waals surface area contributed by atoms with Crippen LogP contribution in [0.3, 0.4) is 0 Å². The molecule has 0 N–H and O–H groups in total. The number of aryl methyl sites for hydroxylation is 1. The minimum absolute atomic E-state index is 0.341. The fourth-order valence-corrected chi connectivity index (χ4v) is 2.73. The Morgan fingerprint density at radius 1 is 0.955 bits per heavy atom. The van der Waals surface area contributed by atoms with E-state index < -0.39 is 0 Å². The van der Waals surface area contributed by atoms with Gasteiger partial charge in [-0.25, -0.2) is 0 Å². The first-order chi connectivity index (χ1) is 10.5. The number of esters is 1. The van der Waals surface area contributed by atoms with Crippen molar-refractivity contribution < 1.29 is 14.3 Å². The van der Waals surface area contributed by atoms with Crippen LogP contribution in [0.15, 0.2) is 48.5 Å². The summed E-state index contributed by atoms with van der Waals surface area (Å²) in [5.74, 6) is 0.975. The van der Waals surface area contributed by atoms with Gasteiger partial charge in [0.15, 0.2) is 5.76 Å². The highest BCUT2D eigenvalue weighted by molar-refractivity contribution is 14.1. The van der Waals surface area contributed by atoms with Crippen molar-refractivity contribution in [2.45, 2.75) is 13.8 Å². The second kappa shape index (κ2) is 7.45. The number of rotatable bonds is 4. The lowest BCUT2D eigenvalue weighted by Gasteiger charge is -2.12. The van der Waals surface area contributed by atoms with Gasteiger partial charge in [0.1, 0.15) is 5.75 Å². The number of hydrogen-bond donors (Lipinski definition) is 0. The number of ether oxygens (including phenoxy) is 2. The lowest BCUT2D eigenvalue weighted by molar-refractivity contribution is -0.134. The summed E-state index contributed by atoms with van der Waals surface area (Å²) in [6, 6.07) is 15.6. The van der Waals surface area contributed by atoms with Gasteiger partial charge in [0.25, 0.3) is 0 Å². The molecule has 0 amide bonds. The van der Waals surface area contributed by atoms with Crippen LogP contribution in [0.2, 0.25) is 0 Å². The van der Waals surface area contributed by atoms with Gasteiger partial charge in [-0.15, -0.1) is 0 Å². The average molecular weight is 408 g/mol. The van der Waals surface area contributed by atoms with E-state index >= 15 is 0 Å². The van der Waals surface area contributed by atoms with Crippen LogP contribution in [0.5, 0.6) is 5.75 Å². The van der Waals surface area contributed by atoms with Crippen LogP contribution in [0, 0.1) is 6.92 Å². The van der Waals surface area contributed by atoms with Crippen molar-refractivity contribution in [3.8, 4) is 5.75 Å². The first-order valence-corrected chi connectivity index (χ1v) is 7.89. The molecule has 0 spiro atoms. The summed E-state index contributed by atoms with van der Waals surface area (Å²) in [7, 11) is 1.62. The lowest BCUT2D eigenvalue weighted by Crippen LogP contribution is -2.00. The average Bonchev–Trinajstić information content (AvgIpc) is 2.53. The van der Waals surface area contributed by atoms with Gasteiger partial charge < -0.3 is 9.47 Å². The van der Waals surface area contributed by atoms with Crippen molar-refractivity contribution in [2.24, 2.45) is 0 Å². The molecule has 0 aliphatic carbocycles. The Kier molecular flexibility index (Phi) is 5.60. The molecule has 0 radical (unpaired) electrons. The van der Waals surface area contributed by atoms with Gasteiger partial charge in [-0.05, 0) is 59.3 Å². The van der Waals surface area contributed by atoms with E-state index in [1.807, 2.05) is 55.5 Å². The van der Waals surface area contributed by atoms with Crippen LogP contribution < -0.4 is 4.74 Å². The van der Waals surface area contributed by atoms with Crippen LogP contribution >= 0.6 is 22.6 Å². The highest BCUT2D eigenvalue weighted by Gasteiger charge is 2.13. The molecular formula is C18H17IO3. The van der Waals surface area contributed by atoms with Gasteiger partial charge in [0.2, 0.25) is 0 Å². The van der Waals surface area contributed by atoms with Gasteiger partial charge in [-0.3, -0.25) is 4.79 Å². The molecule has 2 rings (SSSR count). The zero-order chi connectivity index (χ0) is 16.1. The smallest absolute Gasteiger partial charge is 0.308 e. The molecule has 3 nitrogen and oxygen atoms in total. The maximum atomic E-state index is 11.5. The summed E-state index contributed by atoms with van der Waals surface area (Å²) in [6.07, 6.45) is 0. The van der Waals surface area contributed by atoms with E-state index in [4.69, 9.17) is 9.47 Å². The summed E-state index contributed by atoms with van der Waals surface area (Å²) >= 11 is 2.21. The summed E-state index contributed by atoms with van der Waals surface area (Å²) < 4.78 is 11.5. The largest absolute Gasteiger partial charge is 0.497 e. The van der Waals surface area contributed by atoms with Gasteiger partial charge in [0.05, 0.1) is 10.7 Å². The van der Waals surface area contributed by atoms with E-state index in [0.29, 0.717) is 5.76 Å². The zero-order valence-electron chi connectivity index (χ0n) is 12.7. The molecule has 0 fully saturated rings. The van der Waals surface area contributed by atoms with Gasteiger partial charge in [-0.1, -0.05) is 29.8 Å². The third kappa shape index (κ3) is 4.10. The second-order valence-corrected chi connectivity index (χ2v) is 5.91. The molecule has 0 bridgehead atoms. The Morgan fingerprint density at radius 2 is 1.50 bits per heavy atom. The number of methoxy groups -OCH3 is 1. The standard InChI is InChI=1S/C18H17IO3/c1-12-4-6-14(7-5-12)17(19)18(22-13(2)20)15-8-10-16(21-3)11-9-15/h4-11H,1-3H3/b18-17-. The maximum absolute atomic E-state index is 11.5. The first-order valence-electron chi connectivity index (χ1n) is 6.81. The fraction of sp³-hybridized carbons (Fsp3) is 0.167. The molecule has 0 atom stereocenters. The van der Waals surface area contributed by atoms with Crippen molar-refractivity contribution in [1.82, 2.24) is 0 Å². The molecule has 0 aromatic heterocycles. The molecule has 0 aliphatic heterocycles. The van der Waals surface area contributed by atoms with E-state index in [9.17, 15) is 4.79 Å². The van der Waals surface area contributed by atoms with Crippen molar-refractivity contribution in [1.29, 1.82) is 0 Å². The van der Waals surface area contributed by atoms with E-state index in [2.05, 4.69) is 22.6 Å². The Balaban J connectivity index is 2.49. The molecular weight excluding hydrogens is 391 g/mol. The fourth-order valence-electron chi connectivity index (χ4n) is 1.95. The van der Waals surface area contributed by atoms with E-state index in [0.717, 1.165) is 20.5 Å². The summed E-state index contributed by atoms with van der Waals surface area (Å²) in [4.78, 5) is 11.5. The molecule has 114 valence electrons. The van der Waals surface area contributed by atoms with Crippen molar-refractivity contribution in [3.63, 3.8) is 0 Å². The monoisotopic (exact) mass is 408 g/mol. The van der Waals surface area contributed by atoms with Crippen molar-refractivity contribution >= 4 is 37.9 Å². The van der Waals surface area contributed by atoms with Gasteiger partial charge in [-0.2, -0.15) is 0 Å². The van der Waals surface area contributed by atoms with Gasteiger partial charge in [0, 0.05) is 12.5 Å². The van der Waals surface area contributed by atoms with Crippen LogP contribution in [0.25, 0.3) is 9.34 Å². The minimum atomic E-state index is -0.341. The van der Waals surface area contributed by atoms with Crippen LogP contribution in [0.4, 0.5) is 0 Å². The Morgan fingerprint density at radius 3 is 2.00 bits per heavy atom. The Hall–Kier alpha value is -1.82. The summed E-state index contributed by atoms with van der Waals surface area (Å²) in [5, 5.41) is 0. The number of hydrogen-bond acceptors (Lipinski definition) is 3. The van der Waals surface area contributed by atoms with E-state index in [1.165, 1.54) is 12.5 Å². The maximum Gasteiger partial charge on any atom is 0.308 e. The highest BCUT2D eigenvalue weighted by Crippen LogP contribution is 2.33. The second-order valence-electron chi connectivity index (χ2n) is 4.83. The number of carbonyl (C=O) groups excluding carboxylic acids is 1. The Bertz CT molecular complexity index is 685. The highest BCUT2D eigenvalue weighted by atomic mass is 127. The number of carbonyl (C=O) groups is 1. The van der Waals surface area contributed by atoms with Crippen molar-refractivity contribution in [3.05, 3.63) is 65.2 Å². The molecule has 0 unspecified atom stereocenters. The Labute approximate surface area is 144 Å². The van der Waals surface area contributed by atoms with E-state index in [1.54, 1.807) is 7.11 Å². The van der Waals surface area contributed by atoms with Crippen molar-refractivity contribution in [2.75, 3.05) is 7.11 Å². The third-order valence-corrected chi connectivity index (χ3v) is 4.22. The summed E-state index contributed by atoms with van der Waals surface area (Å²) in [5.41, 5.74) is 3.03. The molecule has 0 heterocycles. The number of benzene rings is 2. The van der Waals surface area contributed by atoms with E-state index in [-0.39, 0.29) is 5.97 Å². The molecule has 2 aromatic carbocycles. The predicted octanol–water partition coefficient (Wildman–Crippen LogP) is 4.83. The van der Waals surface area contributed by atoms with Crippen LogP contribution in [0.1, 0.15) is 23.6 Å². The van der Waals surface area contributed by atoms with Crippen LogP contribution in [-0.4, -0.2) is 13.1 Å². The molecule has 0 aliphatic rings. The zero-order valence-corrected chi connectivity index (χ0v) is 14.9. The topological polar surface area (TPSA) is 35.5 Å². The number of halogens is 1. The normalized spacial score (nSPS) is 11.6. The molecule has 22 heavy (non-hydrogen) atoms. The molecule has 4 heteroatoms. The molecule has 0 saturated carbocycles. The lowest BCUT2D eigenvalue weighted by atomic mass is 10.1. The predicted molar refractivity (Wildman–Crippen MR) is 96.8 cm³/mol. The van der Waals surface area contributed by atoms with Crippen LogP contribution in [-0.2, 0) is 9.53 Å². The summed E-state index contributed by atoms with van der Waals surface area (Å²) in [6.45, 7) is 3.44. The minimum Gasteiger partial charge on any atom is -0.497 e. The third-order valence-electron chi connectivity index (χ3n) is 3.10.